The van der Waals surface area contributed by atoms with Crippen molar-refractivity contribution in [2.45, 2.75) is 30.5 Å². The van der Waals surface area contributed by atoms with Gasteiger partial charge in [0.05, 0.1) is 22.6 Å². The van der Waals surface area contributed by atoms with Crippen molar-refractivity contribution < 1.29 is 9.21 Å². The van der Waals surface area contributed by atoms with Gasteiger partial charge in [-0.25, -0.2) is 4.98 Å². The zero-order chi connectivity index (χ0) is 21.7. The summed E-state index contributed by atoms with van der Waals surface area (Å²) in [6, 6.07) is 14.9. The molecular weight excluding hydrogens is 398 g/mol. The van der Waals surface area contributed by atoms with E-state index in [1.54, 1.807) is 12.1 Å². The van der Waals surface area contributed by atoms with Crippen LogP contribution in [0.3, 0.4) is 0 Å². The molecule has 1 unspecified atom stereocenters. The smallest absolute Gasteiger partial charge is 0.237 e. The monoisotopic (exact) mass is 417 g/mol. The van der Waals surface area contributed by atoms with Gasteiger partial charge in [-0.1, -0.05) is 36.4 Å². The third kappa shape index (κ3) is 4.29. The number of carbonyl (C=O) groups excluding carboxylic acids is 1. The Hall–Kier alpha value is -3.75. The minimum Gasteiger partial charge on any atom is -0.464 e. The van der Waals surface area contributed by atoms with E-state index in [0.29, 0.717) is 17.9 Å². The number of carbonyl (C=O) groups is 1. The first-order chi connectivity index (χ1) is 14.5. The van der Waals surface area contributed by atoms with Gasteiger partial charge < -0.3 is 15.5 Å². The molecule has 0 saturated carbocycles. The zero-order valence-electron chi connectivity index (χ0n) is 16.5. The van der Waals surface area contributed by atoms with Crippen molar-refractivity contribution >= 4 is 29.2 Å². The Morgan fingerprint density at radius 3 is 2.50 bits per heavy atom. The maximum atomic E-state index is 12.8. The average molecular weight is 417 g/mol. The number of furan rings is 1. The van der Waals surface area contributed by atoms with E-state index >= 15 is 0 Å². The summed E-state index contributed by atoms with van der Waals surface area (Å²) >= 11 is 1.14. The number of benzene rings is 1. The fraction of sp³-hybridized carbons (Fsp3) is 0.182. The van der Waals surface area contributed by atoms with Gasteiger partial charge in [0.15, 0.2) is 0 Å². The van der Waals surface area contributed by atoms with Crippen LogP contribution in [0, 0.1) is 29.6 Å². The number of nitrogens with two attached hydrogens (primary N) is 1. The fourth-order valence-electron chi connectivity index (χ4n) is 2.87. The standard InChI is InChI=1S/C22H19N5O2S/c1-3-18(21(28)26-14-8-6-13(2)7-9-14)30-22-16(12-24)19(17-5-4-10-29-17)15(11-23)20(25)27-22/h4-10,18H,3H2,1-2H3,(H2,25,27)(H,26,28). The van der Waals surface area contributed by atoms with Gasteiger partial charge in [0.2, 0.25) is 5.91 Å². The molecule has 0 aliphatic carbocycles. The van der Waals surface area contributed by atoms with Crippen LogP contribution in [0.25, 0.3) is 11.3 Å². The second-order valence-electron chi connectivity index (χ2n) is 6.50. The maximum Gasteiger partial charge on any atom is 0.237 e. The SMILES string of the molecule is CCC(Sc1nc(N)c(C#N)c(-c2ccco2)c1C#N)C(=O)Nc1ccc(C)cc1. The van der Waals surface area contributed by atoms with E-state index < -0.39 is 5.25 Å². The molecule has 0 fully saturated rings. The Morgan fingerprint density at radius 1 is 1.23 bits per heavy atom. The van der Waals surface area contributed by atoms with Gasteiger partial charge in [-0.15, -0.1) is 0 Å². The minimum absolute atomic E-state index is 0.0146. The molecule has 0 spiro atoms. The molecule has 1 aromatic carbocycles. The molecule has 30 heavy (non-hydrogen) atoms. The molecule has 150 valence electrons. The van der Waals surface area contributed by atoms with Crippen molar-refractivity contribution in [3.05, 3.63) is 59.4 Å². The van der Waals surface area contributed by atoms with Crippen LogP contribution in [0.2, 0.25) is 0 Å². The van der Waals surface area contributed by atoms with Crippen molar-refractivity contribution in [1.82, 2.24) is 4.98 Å². The van der Waals surface area contributed by atoms with Gasteiger partial charge in [-0.05, 0) is 37.6 Å². The Labute approximate surface area is 178 Å². The topological polar surface area (TPSA) is 129 Å². The first kappa shape index (κ1) is 21.0. The van der Waals surface area contributed by atoms with E-state index in [2.05, 4.69) is 16.4 Å². The predicted molar refractivity (Wildman–Crippen MR) is 116 cm³/mol. The van der Waals surface area contributed by atoms with Crippen LogP contribution in [-0.2, 0) is 4.79 Å². The second kappa shape index (κ2) is 9.17. The van der Waals surface area contributed by atoms with E-state index in [4.69, 9.17) is 10.2 Å². The first-order valence-electron chi connectivity index (χ1n) is 9.20. The van der Waals surface area contributed by atoms with E-state index in [0.717, 1.165) is 17.3 Å². The number of nitrogen functional groups attached to an aromatic ring is 1. The summed E-state index contributed by atoms with van der Waals surface area (Å²) in [4.78, 5) is 17.1. The number of hydrogen-bond acceptors (Lipinski definition) is 7. The highest BCUT2D eigenvalue weighted by molar-refractivity contribution is 8.00. The second-order valence-corrected chi connectivity index (χ2v) is 7.69. The third-order valence-corrected chi connectivity index (χ3v) is 5.77. The fourth-order valence-corrected chi connectivity index (χ4v) is 3.89. The van der Waals surface area contributed by atoms with Crippen molar-refractivity contribution in [1.29, 1.82) is 10.5 Å². The van der Waals surface area contributed by atoms with E-state index in [1.807, 2.05) is 44.2 Å². The number of nitrogens with one attached hydrogen (secondary N) is 1. The van der Waals surface area contributed by atoms with Gasteiger partial charge in [0, 0.05) is 5.69 Å². The molecule has 8 heteroatoms. The molecule has 1 atom stereocenters. The van der Waals surface area contributed by atoms with Crippen molar-refractivity contribution in [2.75, 3.05) is 11.1 Å². The lowest BCUT2D eigenvalue weighted by Crippen LogP contribution is -2.25. The lowest BCUT2D eigenvalue weighted by molar-refractivity contribution is -0.115. The zero-order valence-corrected chi connectivity index (χ0v) is 17.3. The van der Waals surface area contributed by atoms with Crippen molar-refractivity contribution in [3.8, 4) is 23.5 Å². The van der Waals surface area contributed by atoms with Gasteiger partial charge in [-0.3, -0.25) is 4.79 Å². The number of nitrogens with zero attached hydrogens (tertiary/aromatic N) is 3. The number of thioether (sulfide) groups is 1. The van der Waals surface area contributed by atoms with Crippen LogP contribution >= 0.6 is 11.8 Å². The third-order valence-electron chi connectivity index (χ3n) is 4.42. The summed E-state index contributed by atoms with van der Waals surface area (Å²) in [7, 11) is 0. The highest BCUT2D eigenvalue weighted by Gasteiger charge is 2.26. The molecule has 2 heterocycles. The Balaban J connectivity index is 1.96. The normalized spacial score (nSPS) is 11.3. The number of aromatic nitrogens is 1. The maximum absolute atomic E-state index is 12.8. The molecule has 3 N–H and O–H groups in total. The molecule has 0 bridgehead atoms. The molecule has 0 radical (unpaired) electrons. The van der Waals surface area contributed by atoms with E-state index in [9.17, 15) is 15.3 Å². The number of rotatable bonds is 6. The molecular formula is C22H19N5O2S. The Kier molecular flexibility index (Phi) is 6.41. The molecule has 2 aromatic heterocycles. The number of amides is 1. The lowest BCUT2D eigenvalue weighted by atomic mass is 10.0. The Morgan fingerprint density at radius 2 is 1.93 bits per heavy atom. The molecule has 3 aromatic rings. The minimum atomic E-state index is -0.511. The molecule has 1 amide bonds. The van der Waals surface area contributed by atoms with Crippen LogP contribution in [0.1, 0.15) is 30.0 Å². The van der Waals surface area contributed by atoms with Crippen LogP contribution < -0.4 is 11.1 Å². The quantitative estimate of drug-likeness (QED) is 0.565. The lowest BCUT2D eigenvalue weighted by Gasteiger charge is -2.17. The molecule has 0 aliphatic rings. The van der Waals surface area contributed by atoms with Crippen LogP contribution in [0.5, 0.6) is 0 Å². The summed E-state index contributed by atoms with van der Waals surface area (Å²) < 4.78 is 5.41. The molecule has 0 aliphatic heterocycles. The number of aryl methyl sites for hydroxylation is 1. The Bertz CT molecular complexity index is 1140. The van der Waals surface area contributed by atoms with Crippen LogP contribution in [0.15, 0.2) is 52.1 Å². The first-order valence-corrected chi connectivity index (χ1v) is 10.1. The molecule has 3 rings (SSSR count). The summed E-state index contributed by atoms with van der Waals surface area (Å²) in [6.45, 7) is 3.84. The largest absolute Gasteiger partial charge is 0.464 e. The molecule has 7 nitrogen and oxygen atoms in total. The number of nitriles is 2. The number of pyridine rings is 1. The summed E-state index contributed by atoms with van der Waals surface area (Å²) in [5, 5.41) is 22.0. The summed E-state index contributed by atoms with van der Waals surface area (Å²) in [6.07, 6.45) is 1.95. The predicted octanol–water partition coefficient (Wildman–Crippen LogP) is 4.48. The summed E-state index contributed by atoms with van der Waals surface area (Å²) in [5.41, 5.74) is 8.29. The van der Waals surface area contributed by atoms with Gasteiger partial charge >= 0.3 is 0 Å². The molecule has 0 saturated heterocycles. The number of hydrogen-bond donors (Lipinski definition) is 2. The van der Waals surface area contributed by atoms with Gasteiger partial charge in [0.1, 0.15) is 34.3 Å². The van der Waals surface area contributed by atoms with Gasteiger partial charge in [0.25, 0.3) is 0 Å². The van der Waals surface area contributed by atoms with Gasteiger partial charge in [-0.2, -0.15) is 10.5 Å². The van der Waals surface area contributed by atoms with Crippen molar-refractivity contribution in [2.24, 2.45) is 0 Å². The van der Waals surface area contributed by atoms with E-state index in [-0.39, 0.29) is 33.4 Å². The van der Waals surface area contributed by atoms with Crippen LogP contribution in [0.4, 0.5) is 11.5 Å². The van der Waals surface area contributed by atoms with E-state index in [1.165, 1.54) is 6.26 Å². The summed E-state index contributed by atoms with van der Waals surface area (Å²) in [5.74, 6) is 0.120. The average Bonchev–Trinajstić information content (AvgIpc) is 3.27. The van der Waals surface area contributed by atoms with Crippen LogP contribution in [-0.4, -0.2) is 16.1 Å². The highest BCUT2D eigenvalue weighted by Crippen LogP contribution is 2.37. The van der Waals surface area contributed by atoms with Crippen molar-refractivity contribution in [3.63, 3.8) is 0 Å². The highest BCUT2D eigenvalue weighted by atomic mass is 32.2. The number of anilines is 2.